The molecule has 1 N–H and O–H groups in total. The van der Waals surface area contributed by atoms with Crippen molar-refractivity contribution in [2.75, 3.05) is 13.2 Å². The minimum atomic E-state index is -3.58. The summed E-state index contributed by atoms with van der Waals surface area (Å²) in [7, 11) is -3.58. The smallest absolute Gasteiger partial charge is 0.338 e. The van der Waals surface area contributed by atoms with E-state index >= 15 is 0 Å². The van der Waals surface area contributed by atoms with Gasteiger partial charge in [-0.15, -0.1) is 0 Å². The molecule has 27 heavy (non-hydrogen) atoms. The molecule has 0 aliphatic carbocycles. The summed E-state index contributed by atoms with van der Waals surface area (Å²) >= 11 is 0. The van der Waals surface area contributed by atoms with E-state index in [9.17, 15) is 18.0 Å². The molecule has 0 amide bonds. The van der Waals surface area contributed by atoms with Crippen LogP contribution in [0.5, 0.6) is 0 Å². The maximum atomic E-state index is 12.4. The molecule has 0 unspecified atom stereocenters. The summed E-state index contributed by atoms with van der Waals surface area (Å²) in [4.78, 5) is 24.6. The number of sulfonamides is 1. The quantitative estimate of drug-likeness (QED) is 0.581. The monoisotopic (exact) mass is 389 g/mol. The lowest BCUT2D eigenvalue weighted by Gasteiger charge is -2.11. The summed E-state index contributed by atoms with van der Waals surface area (Å²) < 4.78 is 31.3. The molecular formula is C20H23NO5S. The zero-order valence-corrected chi connectivity index (χ0v) is 16.6. The van der Waals surface area contributed by atoms with Gasteiger partial charge in [0.2, 0.25) is 15.8 Å². The summed E-state index contributed by atoms with van der Waals surface area (Å²) in [5, 5.41) is 0. The molecule has 2 aromatic rings. The first kappa shape index (κ1) is 20.8. The van der Waals surface area contributed by atoms with Crippen LogP contribution in [0.25, 0.3) is 0 Å². The third-order valence-electron chi connectivity index (χ3n) is 4.02. The van der Waals surface area contributed by atoms with Crippen LogP contribution in [-0.2, 0) is 14.8 Å². The average Bonchev–Trinajstić information content (AvgIpc) is 2.59. The van der Waals surface area contributed by atoms with Gasteiger partial charge in [0.05, 0.1) is 10.5 Å². The lowest BCUT2D eigenvalue weighted by atomic mass is 9.97. The van der Waals surface area contributed by atoms with Crippen molar-refractivity contribution in [3.8, 4) is 0 Å². The van der Waals surface area contributed by atoms with Gasteiger partial charge in [-0.1, -0.05) is 24.6 Å². The highest BCUT2D eigenvalue weighted by Crippen LogP contribution is 2.17. The fraction of sp³-hybridized carbons (Fsp3) is 0.300. The highest BCUT2D eigenvalue weighted by atomic mass is 32.2. The van der Waals surface area contributed by atoms with Crippen LogP contribution < -0.4 is 4.72 Å². The molecule has 0 heterocycles. The normalized spacial score (nSPS) is 11.3. The van der Waals surface area contributed by atoms with Crippen molar-refractivity contribution < 1.29 is 22.7 Å². The molecule has 0 atom stereocenters. The van der Waals surface area contributed by atoms with Gasteiger partial charge in [-0.05, 0) is 56.2 Å². The molecule has 0 spiro atoms. The number of ether oxygens (including phenoxy) is 1. The van der Waals surface area contributed by atoms with E-state index in [1.54, 1.807) is 6.92 Å². The maximum Gasteiger partial charge on any atom is 0.338 e. The lowest BCUT2D eigenvalue weighted by Crippen LogP contribution is -2.23. The van der Waals surface area contributed by atoms with E-state index < -0.39 is 16.0 Å². The Hall–Kier alpha value is -2.51. The van der Waals surface area contributed by atoms with Crippen LogP contribution in [0.15, 0.2) is 41.3 Å². The van der Waals surface area contributed by atoms with E-state index in [2.05, 4.69) is 4.72 Å². The second-order valence-corrected chi connectivity index (χ2v) is 8.07. The van der Waals surface area contributed by atoms with Gasteiger partial charge in [-0.2, -0.15) is 0 Å². The molecule has 7 heteroatoms. The number of rotatable bonds is 7. The summed E-state index contributed by atoms with van der Waals surface area (Å²) in [6, 6.07) is 9.19. The zero-order valence-electron chi connectivity index (χ0n) is 15.8. The standard InChI is InChI=1S/C20H23NO5S/c1-5-21-27(24,25)17-8-6-16(7-9-17)20(23)26-12-18(22)19-14(3)10-13(2)11-15(19)4/h6-11,21H,5,12H2,1-4H3. The van der Waals surface area contributed by atoms with Crippen LogP contribution in [0.2, 0.25) is 0 Å². The first-order valence-electron chi connectivity index (χ1n) is 8.53. The number of aryl methyl sites for hydroxylation is 3. The number of carbonyl (C=O) groups is 2. The molecule has 6 nitrogen and oxygen atoms in total. The van der Waals surface area contributed by atoms with Crippen LogP contribution in [0.1, 0.15) is 44.3 Å². The molecule has 0 saturated carbocycles. The molecule has 0 aromatic heterocycles. The predicted octanol–water partition coefficient (Wildman–Crippen LogP) is 2.95. The van der Waals surface area contributed by atoms with Crippen LogP contribution in [0.4, 0.5) is 0 Å². The van der Waals surface area contributed by atoms with Crippen molar-refractivity contribution >= 4 is 21.8 Å². The number of nitrogens with one attached hydrogen (secondary N) is 1. The van der Waals surface area contributed by atoms with E-state index in [4.69, 9.17) is 4.74 Å². The lowest BCUT2D eigenvalue weighted by molar-refractivity contribution is 0.0474. The summed E-state index contributed by atoms with van der Waals surface area (Å²) in [6.07, 6.45) is 0. The second kappa shape index (κ2) is 8.45. The summed E-state index contributed by atoms with van der Waals surface area (Å²) in [6.45, 7) is 7.22. The Balaban J connectivity index is 2.07. The minimum absolute atomic E-state index is 0.0582. The molecule has 0 aliphatic rings. The van der Waals surface area contributed by atoms with Gasteiger partial charge in [0.1, 0.15) is 0 Å². The second-order valence-electron chi connectivity index (χ2n) is 6.30. The van der Waals surface area contributed by atoms with Crippen LogP contribution in [0, 0.1) is 20.8 Å². The van der Waals surface area contributed by atoms with Crippen molar-refractivity contribution in [1.82, 2.24) is 4.72 Å². The Kier molecular flexibility index (Phi) is 6.51. The Morgan fingerprint density at radius 1 is 1.00 bits per heavy atom. The SMILES string of the molecule is CCNS(=O)(=O)c1ccc(C(=O)OCC(=O)c2c(C)cc(C)cc2C)cc1. The largest absolute Gasteiger partial charge is 0.454 e. The fourth-order valence-corrected chi connectivity index (χ4v) is 3.99. The fourth-order valence-electron chi connectivity index (χ4n) is 2.95. The van der Waals surface area contributed by atoms with Gasteiger partial charge in [0.15, 0.2) is 6.61 Å². The van der Waals surface area contributed by atoms with Crippen molar-refractivity contribution in [2.45, 2.75) is 32.6 Å². The van der Waals surface area contributed by atoms with Crippen molar-refractivity contribution in [3.05, 3.63) is 64.2 Å². The number of hydrogen-bond donors (Lipinski definition) is 1. The predicted molar refractivity (Wildman–Crippen MR) is 103 cm³/mol. The van der Waals surface area contributed by atoms with E-state index in [1.807, 2.05) is 32.9 Å². The molecule has 2 aromatic carbocycles. The number of hydrogen-bond acceptors (Lipinski definition) is 5. The average molecular weight is 389 g/mol. The van der Waals surface area contributed by atoms with Crippen molar-refractivity contribution in [3.63, 3.8) is 0 Å². The number of ketones is 1. The van der Waals surface area contributed by atoms with Gasteiger partial charge in [0.25, 0.3) is 0 Å². The molecule has 2 rings (SSSR count). The number of carbonyl (C=O) groups excluding carboxylic acids is 2. The minimum Gasteiger partial charge on any atom is -0.454 e. The van der Waals surface area contributed by atoms with E-state index in [-0.39, 0.29) is 29.4 Å². The van der Waals surface area contributed by atoms with Gasteiger partial charge in [0, 0.05) is 12.1 Å². The summed E-state index contributed by atoms with van der Waals surface area (Å²) in [5.74, 6) is -0.956. The van der Waals surface area contributed by atoms with Crippen molar-refractivity contribution in [1.29, 1.82) is 0 Å². The molecule has 0 radical (unpaired) electrons. The number of Topliss-reactive ketones (excluding diaryl/α,β-unsaturated/α-hetero) is 1. The van der Waals surface area contributed by atoms with Crippen molar-refractivity contribution in [2.24, 2.45) is 0 Å². The molecule has 0 fully saturated rings. The highest BCUT2D eigenvalue weighted by molar-refractivity contribution is 7.89. The Bertz CT molecular complexity index is 939. The molecular weight excluding hydrogens is 366 g/mol. The Morgan fingerprint density at radius 2 is 1.56 bits per heavy atom. The molecule has 144 valence electrons. The van der Waals surface area contributed by atoms with Gasteiger partial charge in [-0.3, -0.25) is 4.79 Å². The summed E-state index contributed by atoms with van der Waals surface area (Å²) in [5.41, 5.74) is 3.47. The topological polar surface area (TPSA) is 89.5 Å². The highest BCUT2D eigenvalue weighted by Gasteiger charge is 2.17. The third-order valence-corrected chi connectivity index (χ3v) is 5.59. The Labute approximate surface area is 159 Å². The Morgan fingerprint density at radius 3 is 2.07 bits per heavy atom. The van der Waals surface area contributed by atoms with Gasteiger partial charge < -0.3 is 4.74 Å². The first-order valence-corrected chi connectivity index (χ1v) is 10.0. The molecule has 0 bridgehead atoms. The number of benzene rings is 2. The molecule has 0 aliphatic heterocycles. The van der Waals surface area contributed by atoms with Gasteiger partial charge >= 0.3 is 5.97 Å². The van der Waals surface area contributed by atoms with E-state index in [0.717, 1.165) is 16.7 Å². The van der Waals surface area contributed by atoms with Crippen LogP contribution in [0.3, 0.4) is 0 Å². The zero-order chi connectivity index (χ0) is 20.2. The van der Waals surface area contributed by atoms with Crippen LogP contribution in [-0.4, -0.2) is 33.3 Å². The third kappa shape index (κ3) is 5.02. The van der Waals surface area contributed by atoms with Crippen LogP contribution >= 0.6 is 0 Å². The number of esters is 1. The van der Waals surface area contributed by atoms with E-state index in [1.165, 1.54) is 24.3 Å². The van der Waals surface area contributed by atoms with Gasteiger partial charge in [-0.25, -0.2) is 17.9 Å². The first-order chi connectivity index (χ1) is 12.7. The van der Waals surface area contributed by atoms with E-state index in [0.29, 0.717) is 5.56 Å². The molecule has 0 saturated heterocycles. The maximum absolute atomic E-state index is 12.4.